The van der Waals surface area contributed by atoms with Crippen LogP contribution in [-0.4, -0.2) is 12.6 Å². The van der Waals surface area contributed by atoms with Crippen LogP contribution >= 0.6 is 24.0 Å². The van der Waals surface area contributed by atoms with E-state index in [1.54, 1.807) is 0 Å². The predicted octanol–water partition coefficient (Wildman–Crippen LogP) is 7.40. The maximum atomic E-state index is 6.34. The number of ether oxygens (including phenoxy) is 2. The molecule has 0 spiro atoms. The summed E-state index contributed by atoms with van der Waals surface area (Å²) in [4.78, 5) is 0. The topological polar surface area (TPSA) is 30.5 Å². The molecule has 1 N–H and O–H groups in total. The van der Waals surface area contributed by atoms with E-state index in [1.165, 1.54) is 56.2 Å². The summed E-state index contributed by atoms with van der Waals surface area (Å²) >= 11 is 6.10. The lowest BCUT2D eigenvalue weighted by atomic mass is 9.71. The number of nitrogens with one attached hydrogen (secondary N) is 1. The molecule has 0 amide bonds. The van der Waals surface area contributed by atoms with Crippen molar-refractivity contribution in [3.8, 4) is 11.5 Å². The third kappa shape index (κ3) is 4.38. The second-order valence-electron chi connectivity index (χ2n) is 8.47. The van der Waals surface area contributed by atoms with Gasteiger partial charge in [0, 0.05) is 34.8 Å². The SMILES string of the molecule is Cl.Clc1cccc(Oc2ccc3c(c2)[C@H]2OCCC[C@H]2[C@@H](C2CCCCC2)N3)c1. The van der Waals surface area contributed by atoms with Gasteiger partial charge in [-0.15, -0.1) is 12.4 Å². The second-order valence-corrected chi connectivity index (χ2v) is 8.91. The lowest BCUT2D eigenvalue weighted by Crippen LogP contribution is -2.46. The van der Waals surface area contributed by atoms with Crippen LogP contribution in [0.5, 0.6) is 11.5 Å². The van der Waals surface area contributed by atoms with Gasteiger partial charge in [-0.25, -0.2) is 0 Å². The van der Waals surface area contributed by atoms with Gasteiger partial charge >= 0.3 is 0 Å². The van der Waals surface area contributed by atoms with Crippen LogP contribution in [-0.2, 0) is 4.74 Å². The van der Waals surface area contributed by atoms with Gasteiger partial charge in [0.15, 0.2) is 0 Å². The van der Waals surface area contributed by atoms with Crippen molar-refractivity contribution in [1.82, 2.24) is 0 Å². The minimum Gasteiger partial charge on any atom is -0.457 e. The molecule has 2 heterocycles. The second kappa shape index (κ2) is 9.16. The Morgan fingerprint density at radius 3 is 2.59 bits per heavy atom. The first-order valence-corrected chi connectivity index (χ1v) is 11.1. The summed E-state index contributed by atoms with van der Waals surface area (Å²) in [6.07, 6.45) is 9.45. The molecule has 5 rings (SSSR count). The average molecular weight is 434 g/mol. The monoisotopic (exact) mass is 433 g/mol. The normalized spacial score (nSPS) is 26.4. The first-order chi connectivity index (χ1) is 13.8. The molecule has 2 aliphatic heterocycles. The fourth-order valence-electron chi connectivity index (χ4n) is 5.38. The van der Waals surface area contributed by atoms with Crippen molar-refractivity contribution in [1.29, 1.82) is 0 Å². The minimum absolute atomic E-state index is 0. The van der Waals surface area contributed by atoms with Gasteiger partial charge in [-0.05, 0) is 68.0 Å². The highest BCUT2D eigenvalue weighted by Gasteiger charge is 2.42. The molecule has 3 nitrogen and oxygen atoms in total. The zero-order valence-electron chi connectivity index (χ0n) is 16.6. The van der Waals surface area contributed by atoms with Gasteiger partial charge in [0.05, 0.1) is 6.10 Å². The molecule has 0 aromatic heterocycles. The number of benzene rings is 2. The van der Waals surface area contributed by atoms with Crippen LogP contribution in [0.15, 0.2) is 42.5 Å². The summed E-state index contributed by atoms with van der Waals surface area (Å²) in [7, 11) is 0. The Balaban J connectivity index is 0.00000205. The third-order valence-electron chi connectivity index (χ3n) is 6.67. The van der Waals surface area contributed by atoms with E-state index >= 15 is 0 Å². The van der Waals surface area contributed by atoms with Crippen molar-refractivity contribution >= 4 is 29.7 Å². The van der Waals surface area contributed by atoms with Gasteiger partial charge in [0.1, 0.15) is 11.5 Å². The highest BCUT2D eigenvalue weighted by molar-refractivity contribution is 6.30. The Morgan fingerprint density at radius 1 is 0.931 bits per heavy atom. The first kappa shape index (κ1) is 20.8. The van der Waals surface area contributed by atoms with Crippen molar-refractivity contribution in [2.75, 3.05) is 11.9 Å². The summed E-state index contributed by atoms with van der Waals surface area (Å²) in [5, 5.41) is 4.59. The molecule has 3 aliphatic rings. The number of halogens is 2. The van der Waals surface area contributed by atoms with Crippen LogP contribution in [0.2, 0.25) is 5.02 Å². The summed E-state index contributed by atoms with van der Waals surface area (Å²) in [6, 6.07) is 14.5. The maximum absolute atomic E-state index is 6.34. The molecule has 5 heteroatoms. The number of rotatable bonds is 3. The van der Waals surface area contributed by atoms with E-state index in [0.717, 1.165) is 24.0 Å². The Hall–Kier alpha value is -1.42. The molecule has 2 aromatic carbocycles. The minimum atomic E-state index is 0. The van der Waals surface area contributed by atoms with Crippen molar-refractivity contribution in [2.24, 2.45) is 11.8 Å². The molecule has 2 fully saturated rings. The standard InChI is InChI=1S/C24H28ClNO2.ClH/c25-17-8-4-9-18(14-17)28-19-11-12-22-21(15-19)24-20(10-5-13-27-24)23(26-22)16-6-2-1-3-7-16;/h4,8-9,11-12,14-16,20,23-24,26H,1-3,5-7,10,13H2;1H/t20-,23+,24-;/m0./s1. The maximum Gasteiger partial charge on any atom is 0.128 e. The Labute approximate surface area is 184 Å². The molecule has 3 atom stereocenters. The van der Waals surface area contributed by atoms with Crippen LogP contribution in [0.3, 0.4) is 0 Å². The van der Waals surface area contributed by atoms with Gasteiger partial charge in [-0.1, -0.05) is 36.9 Å². The molecule has 1 saturated heterocycles. The van der Waals surface area contributed by atoms with E-state index in [0.29, 0.717) is 17.0 Å². The predicted molar refractivity (Wildman–Crippen MR) is 121 cm³/mol. The number of hydrogen-bond donors (Lipinski definition) is 1. The summed E-state index contributed by atoms with van der Waals surface area (Å²) in [5.74, 6) is 2.94. The van der Waals surface area contributed by atoms with Gasteiger partial charge in [-0.2, -0.15) is 0 Å². The van der Waals surface area contributed by atoms with Crippen molar-refractivity contribution in [3.63, 3.8) is 0 Å². The van der Waals surface area contributed by atoms with Crippen molar-refractivity contribution in [3.05, 3.63) is 53.1 Å². The van der Waals surface area contributed by atoms with E-state index in [4.69, 9.17) is 21.1 Å². The lowest BCUT2D eigenvalue weighted by molar-refractivity contribution is -0.0458. The zero-order valence-corrected chi connectivity index (χ0v) is 18.2. The molecule has 0 unspecified atom stereocenters. The van der Waals surface area contributed by atoms with E-state index in [-0.39, 0.29) is 18.5 Å². The van der Waals surface area contributed by atoms with E-state index in [1.807, 2.05) is 30.3 Å². The Bertz CT molecular complexity index is 837. The summed E-state index contributed by atoms with van der Waals surface area (Å²) in [6.45, 7) is 0.859. The van der Waals surface area contributed by atoms with Crippen LogP contribution in [0.1, 0.15) is 56.6 Å². The molecule has 156 valence electrons. The highest BCUT2D eigenvalue weighted by Crippen LogP contribution is 2.48. The number of anilines is 1. The molecule has 0 bridgehead atoms. The van der Waals surface area contributed by atoms with Gasteiger partial charge < -0.3 is 14.8 Å². The third-order valence-corrected chi connectivity index (χ3v) is 6.91. The van der Waals surface area contributed by atoms with E-state index < -0.39 is 0 Å². The Kier molecular flexibility index (Phi) is 6.58. The fraction of sp³-hybridized carbons (Fsp3) is 0.500. The van der Waals surface area contributed by atoms with Gasteiger partial charge in [0.25, 0.3) is 0 Å². The van der Waals surface area contributed by atoms with Crippen LogP contribution in [0.4, 0.5) is 5.69 Å². The van der Waals surface area contributed by atoms with Crippen LogP contribution in [0, 0.1) is 11.8 Å². The van der Waals surface area contributed by atoms with Gasteiger partial charge in [0.2, 0.25) is 0 Å². The lowest BCUT2D eigenvalue weighted by Gasteiger charge is -2.47. The summed E-state index contributed by atoms with van der Waals surface area (Å²) in [5.41, 5.74) is 2.47. The molecular weight excluding hydrogens is 405 g/mol. The van der Waals surface area contributed by atoms with Crippen molar-refractivity contribution in [2.45, 2.75) is 57.1 Å². The number of fused-ring (bicyclic) bond motifs is 3. The van der Waals surface area contributed by atoms with Gasteiger partial charge in [-0.3, -0.25) is 0 Å². The number of hydrogen-bond acceptors (Lipinski definition) is 3. The average Bonchev–Trinajstić information content (AvgIpc) is 2.74. The van der Waals surface area contributed by atoms with Crippen LogP contribution in [0.25, 0.3) is 0 Å². The largest absolute Gasteiger partial charge is 0.457 e. The molecule has 29 heavy (non-hydrogen) atoms. The zero-order chi connectivity index (χ0) is 18.9. The molecule has 2 aromatic rings. The molecule has 0 radical (unpaired) electrons. The smallest absolute Gasteiger partial charge is 0.128 e. The first-order valence-electron chi connectivity index (χ1n) is 10.7. The Morgan fingerprint density at radius 2 is 1.76 bits per heavy atom. The molecular formula is C24H29Cl2NO2. The van der Waals surface area contributed by atoms with E-state index in [2.05, 4.69) is 17.4 Å². The summed E-state index contributed by atoms with van der Waals surface area (Å²) < 4.78 is 12.4. The van der Waals surface area contributed by atoms with E-state index in [9.17, 15) is 0 Å². The quantitative estimate of drug-likeness (QED) is 0.546. The van der Waals surface area contributed by atoms with Crippen LogP contribution < -0.4 is 10.1 Å². The fourth-order valence-corrected chi connectivity index (χ4v) is 5.56. The molecule has 1 aliphatic carbocycles. The molecule has 1 saturated carbocycles. The highest BCUT2D eigenvalue weighted by atomic mass is 35.5. The van der Waals surface area contributed by atoms with Crippen molar-refractivity contribution < 1.29 is 9.47 Å².